The van der Waals surface area contributed by atoms with Crippen LogP contribution in [0.2, 0.25) is 0 Å². The molecule has 0 atom stereocenters. The molecule has 5 N–H and O–H groups in total. The predicted octanol–water partition coefficient (Wildman–Crippen LogP) is 3.43. The number of nitrogens with zero attached hydrogens (tertiary/aromatic N) is 2. The normalized spacial score (nSPS) is 19.1. The molecule has 1 saturated carbocycles. The largest absolute Gasteiger partial charge is 0.474 e. The van der Waals surface area contributed by atoms with Crippen LogP contribution < -0.4 is 26.4 Å². The molecule has 5 rings (SSSR count). The summed E-state index contributed by atoms with van der Waals surface area (Å²) in [5.41, 5.74) is 8.58. The molecule has 1 aliphatic carbocycles. The average Bonchev–Trinajstić information content (AvgIpc) is 2.79. The second kappa shape index (κ2) is 8.36. The first-order valence-electron chi connectivity index (χ1n) is 10.8. The Kier molecular flexibility index (Phi) is 5.37. The third kappa shape index (κ3) is 3.86. The minimum atomic E-state index is -0.572. The van der Waals surface area contributed by atoms with Crippen molar-refractivity contribution in [2.75, 3.05) is 36.6 Å². The van der Waals surface area contributed by atoms with E-state index in [1.807, 2.05) is 14.0 Å². The van der Waals surface area contributed by atoms with Crippen LogP contribution in [-0.2, 0) is 4.74 Å². The van der Waals surface area contributed by atoms with Gasteiger partial charge in [0, 0.05) is 41.5 Å². The number of carbonyl (C=O) groups is 1. The Labute approximate surface area is 189 Å². The number of halogens is 1. The van der Waals surface area contributed by atoms with Crippen molar-refractivity contribution in [2.24, 2.45) is 0 Å². The van der Waals surface area contributed by atoms with Gasteiger partial charge in [-0.2, -0.15) is 0 Å². The monoisotopic (exact) mass is 452 g/mol. The van der Waals surface area contributed by atoms with E-state index >= 15 is 4.39 Å². The van der Waals surface area contributed by atoms with Gasteiger partial charge in [0.15, 0.2) is 5.82 Å². The highest BCUT2D eigenvalue weighted by molar-refractivity contribution is 5.99. The van der Waals surface area contributed by atoms with E-state index in [9.17, 15) is 4.79 Å². The zero-order chi connectivity index (χ0) is 23.1. The number of anilines is 3. The molecule has 3 heterocycles. The second-order valence-corrected chi connectivity index (χ2v) is 8.30. The number of nitrogen functional groups attached to an aromatic ring is 1. The molecule has 3 aromatic rings. The number of nitrogens with two attached hydrogens (primary N) is 1. The Morgan fingerprint density at radius 1 is 1.27 bits per heavy atom. The number of aromatic nitrogens is 2. The van der Waals surface area contributed by atoms with Gasteiger partial charge in [0.1, 0.15) is 24.2 Å². The molecule has 172 valence electrons. The number of hydrogen-bond acceptors (Lipinski definition) is 8. The van der Waals surface area contributed by atoms with Crippen LogP contribution in [0, 0.1) is 12.7 Å². The Hall–Kier alpha value is -3.66. The molecule has 10 heteroatoms. The van der Waals surface area contributed by atoms with E-state index in [0.717, 1.165) is 24.1 Å². The molecule has 9 nitrogen and oxygen atoms in total. The quantitative estimate of drug-likeness (QED) is 0.444. The summed E-state index contributed by atoms with van der Waals surface area (Å²) in [5, 5.41) is 10.1. The Morgan fingerprint density at radius 2 is 2.09 bits per heavy atom. The van der Waals surface area contributed by atoms with Crippen LogP contribution >= 0.6 is 0 Å². The van der Waals surface area contributed by atoms with Gasteiger partial charge in [0.25, 0.3) is 0 Å². The summed E-state index contributed by atoms with van der Waals surface area (Å²) in [4.78, 5) is 20.8. The molecule has 1 aromatic carbocycles. The van der Waals surface area contributed by atoms with Crippen LogP contribution in [0.4, 0.5) is 26.4 Å². The maximum atomic E-state index is 15.3. The van der Waals surface area contributed by atoms with Crippen molar-refractivity contribution in [3.8, 4) is 17.0 Å². The van der Waals surface area contributed by atoms with Gasteiger partial charge in [-0.25, -0.2) is 19.2 Å². The summed E-state index contributed by atoms with van der Waals surface area (Å²) >= 11 is 0. The summed E-state index contributed by atoms with van der Waals surface area (Å²) in [6, 6.07) is 3.71. The molecule has 1 fully saturated rings. The van der Waals surface area contributed by atoms with Crippen LogP contribution in [0.15, 0.2) is 24.5 Å². The first-order chi connectivity index (χ1) is 15.9. The Morgan fingerprint density at radius 3 is 2.88 bits per heavy atom. The van der Waals surface area contributed by atoms with E-state index in [0.29, 0.717) is 52.8 Å². The van der Waals surface area contributed by atoms with Crippen LogP contribution in [0.5, 0.6) is 5.88 Å². The van der Waals surface area contributed by atoms with Gasteiger partial charge in [-0.15, -0.1) is 0 Å². The number of benzene rings is 1. The number of hydrogen-bond donors (Lipinski definition) is 4. The highest BCUT2D eigenvalue weighted by Gasteiger charge is 2.31. The van der Waals surface area contributed by atoms with Gasteiger partial charge in [-0.05, 0) is 49.9 Å². The smallest absolute Gasteiger partial charge is 0.413 e. The summed E-state index contributed by atoms with van der Waals surface area (Å²) < 4.78 is 26.2. The number of nitrogens with one attached hydrogen (secondary N) is 3. The molecule has 2 aromatic heterocycles. The highest BCUT2D eigenvalue weighted by atomic mass is 19.1. The van der Waals surface area contributed by atoms with E-state index < -0.39 is 11.9 Å². The van der Waals surface area contributed by atoms with Gasteiger partial charge in [-0.1, -0.05) is 0 Å². The highest BCUT2D eigenvalue weighted by Crippen LogP contribution is 2.39. The van der Waals surface area contributed by atoms with Crippen molar-refractivity contribution in [1.82, 2.24) is 15.3 Å². The van der Waals surface area contributed by atoms with Crippen LogP contribution in [0.3, 0.4) is 0 Å². The van der Waals surface area contributed by atoms with Gasteiger partial charge in [0.2, 0.25) is 5.88 Å². The topological polar surface area (TPSA) is 123 Å². The van der Waals surface area contributed by atoms with E-state index in [1.54, 1.807) is 18.3 Å². The van der Waals surface area contributed by atoms with Gasteiger partial charge in [-0.3, -0.25) is 5.32 Å². The number of carbonyl (C=O) groups excluding carboxylic acids is 1. The van der Waals surface area contributed by atoms with Crippen LogP contribution in [0.25, 0.3) is 21.9 Å². The molecule has 0 spiro atoms. The van der Waals surface area contributed by atoms with E-state index in [-0.39, 0.29) is 11.8 Å². The molecular formula is C23H25FN6O3. The second-order valence-electron chi connectivity index (χ2n) is 8.30. The molecule has 0 radical (unpaired) electrons. The zero-order valence-corrected chi connectivity index (χ0v) is 18.4. The first-order valence-corrected chi connectivity index (χ1v) is 10.8. The van der Waals surface area contributed by atoms with E-state index in [4.69, 9.17) is 15.2 Å². The molecular weight excluding hydrogens is 427 g/mol. The lowest BCUT2D eigenvalue weighted by Crippen LogP contribution is -2.45. The molecule has 0 saturated heterocycles. The summed E-state index contributed by atoms with van der Waals surface area (Å²) in [6.07, 6.45) is 3.90. The minimum absolute atomic E-state index is 0.0157. The predicted molar refractivity (Wildman–Crippen MR) is 124 cm³/mol. The maximum Gasteiger partial charge on any atom is 0.413 e. The number of amides is 1. The fraction of sp³-hybridized carbons (Fsp3) is 0.348. The summed E-state index contributed by atoms with van der Waals surface area (Å²) in [5.74, 6) is 0.248. The third-order valence-electron chi connectivity index (χ3n) is 6.24. The van der Waals surface area contributed by atoms with Crippen molar-refractivity contribution >= 4 is 34.1 Å². The standard InChI is InChI=1S/C23H25FN6O3/c1-11-16(9-29-22-21(11)27-3-4-32-22)15-5-12-6-18(28-10-17(12)20(25)19(15)24)30-23(31)33-14-7-13(8-14)26-2/h5-6,9-10,13-14,26-27H,3-4,7-8,25H2,1-2H3,(H,28,30,31)/t13-,14-. The molecule has 1 aliphatic heterocycles. The lowest BCUT2D eigenvalue weighted by atomic mass is 9.89. The van der Waals surface area contributed by atoms with Crippen LogP contribution in [0.1, 0.15) is 18.4 Å². The fourth-order valence-electron chi connectivity index (χ4n) is 4.24. The lowest BCUT2D eigenvalue weighted by molar-refractivity contribution is 0.0422. The van der Waals surface area contributed by atoms with Gasteiger partial charge < -0.3 is 25.8 Å². The molecule has 0 bridgehead atoms. The summed E-state index contributed by atoms with van der Waals surface area (Å²) in [7, 11) is 1.88. The average molecular weight is 452 g/mol. The van der Waals surface area contributed by atoms with E-state index in [2.05, 4.69) is 25.9 Å². The van der Waals surface area contributed by atoms with Crippen molar-refractivity contribution < 1.29 is 18.7 Å². The number of pyridine rings is 2. The first kappa shape index (κ1) is 21.2. The Bertz CT molecular complexity index is 1240. The molecule has 33 heavy (non-hydrogen) atoms. The fourth-order valence-corrected chi connectivity index (χ4v) is 4.24. The van der Waals surface area contributed by atoms with E-state index in [1.165, 1.54) is 6.20 Å². The van der Waals surface area contributed by atoms with Crippen molar-refractivity contribution in [2.45, 2.75) is 31.9 Å². The van der Waals surface area contributed by atoms with Crippen LogP contribution in [-0.4, -0.2) is 48.4 Å². The molecule has 1 amide bonds. The number of rotatable bonds is 4. The molecule has 2 aliphatic rings. The van der Waals surface area contributed by atoms with Crippen molar-refractivity contribution in [1.29, 1.82) is 0 Å². The van der Waals surface area contributed by atoms with Crippen molar-refractivity contribution in [3.05, 3.63) is 35.9 Å². The summed E-state index contributed by atoms with van der Waals surface area (Å²) in [6.45, 7) is 3.05. The number of fused-ring (bicyclic) bond motifs is 2. The minimum Gasteiger partial charge on any atom is -0.474 e. The third-order valence-corrected chi connectivity index (χ3v) is 6.24. The lowest BCUT2D eigenvalue weighted by Gasteiger charge is -2.34. The number of ether oxygens (including phenoxy) is 2. The van der Waals surface area contributed by atoms with Crippen molar-refractivity contribution in [3.63, 3.8) is 0 Å². The zero-order valence-electron chi connectivity index (χ0n) is 18.4. The van der Waals surface area contributed by atoms with Gasteiger partial charge >= 0.3 is 6.09 Å². The molecule has 0 unspecified atom stereocenters. The Balaban J connectivity index is 1.45. The van der Waals surface area contributed by atoms with Gasteiger partial charge in [0.05, 0.1) is 5.69 Å². The SMILES string of the molecule is CN[C@H]1C[C@H](OC(=O)Nc2cc3cc(-c4cnc5c(c4C)NCCO5)c(F)c(N)c3cn2)C1. The maximum absolute atomic E-state index is 15.3.